The lowest BCUT2D eigenvalue weighted by atomic mass is 10.0. The van der Waals surface area contributed by atoms with Crippen molar-refractivity contribution >= 4 is 0 Å². The maximum atomic E-state index is 9.14. The van der Waals surface area contributed by atoms with E-state index in [1.807, 2.05) is 6.92 Å². The molecule has 1 rings (SSSR count). The zero-order valence-corrected chi connectivity index (χ0v) is 8.67. The van der Waals surface area contributed by atoms with Crippen LogP contribution in [0, 0.1) is 13.8 Å². The molecule has 1 heteroatoms. The topological polar surface area (TPSA) is 20.2 Å². The third-order valence-electron chi connectivity index (χ3n) is 2.42. The normalized spacial score (nSPS) is 12.9. The van der Waals surface area contributed by atoms with Gasteiger partial charge >= 0.3 is 0 Å². The molecular formula is C12H18O. The second-order valence-electron chi connectivity index (χ2n) is 3.81. The first-order chi connectivity index (χ1) is 6.09. The van der Waals surface area contributed by atoms with Gasteiger partial charge in [0.25, 0.3) is 0 Å². The van der Waals surface area contributed by atoms with Gasteiger partial charge < -0.3 is 5.11 Å². The molecule has 0 spiro atoms. The minimum Gasteiger partial charge on any atom is -0.393 e. The molecule has 1 aromatic rings. The molecule has 0 saturated heterocycles. The van der Waals surface area contributed by atoms with E-state index in [4.69, 9.17) is 5.11 Å². The number of aliphatic hydroxyl groups is 1. The van der Waals surface area contributed by atoms with Crippen molar-refractivity contribution in [2.75, 3.05) is 0 Å². The van der Waals surface area contributed by atoms with Crippen LogP contribution < -0.4 is 0 Å². The first-order valence-corrected chi connectivity index (χ1v) is 4.84. The van der Waals surface area contributed by atoms with Crippen LogP contribution in [0.5, 0.6) is 0 Å². The summed E-state index contributed by atoms with van der Waals surface area (Å²) < 4.78 is 0. The van der Waals surface area contributed by atoms with Crippen LogP contribution in [0.15, 0.2) is 18.2 Å². The Balaban J connectivity index is 2.63. The molecule has 13 heavy (non-hydrogen) atoms. The molecule has 0 aliphatic heterocycles. The lowest BCUT2D eigenvalue weighted by Crippen LogP contribution is -2.01. The van der Waals surface area contributed by atoms with Crippen LogP contribution in [-0.2, 0) is 6.42 Å². The molecule has 72 valence electrons. The molecule has 1 atom stereocenters. The molecule has 0 fully saturated rings. The molecule has 0 aliphatic rings. The van der Waals surface area contributed by atoms with Crippen molar-refractivity contribution in [3.8, 4) is 0 Å². The minimum atomic E-state index is -0.193. The van der Waals surface area contributed by atoms with Crippen LogP contribution in [0.4, 0.5) is 0 Å². The first-order valence-electron chi connectivity index (χ1n) is 4.84. The van der Waals surface area contributed by atoms with Crippen LogP contribution in [0.3, 0.4) is 0 Å². The number of hydrogen-bond donors (Lipinski definition) is 1. The quantitative estimate of drug-likeness (QED) is 0.754. The van der Waals surface area contributed by atoms with Crippen LogP contribution in [0.1, 0.15) is 30.0 Å². The van der Waals surface area contributed by atoms with Crippen molar-refractivity contribution in [1.29, 1.82) is 0 Å². The maximum absolute atomic E-state index is 9.14. The van der Waals surface area contributed by atoms with E-state index in [0.717, 1.165) is 12.8 Å². The van der Waals surface area contributed by atoms with Crippen LogP contribution in [-0.4, -0.2) is 11.2 Å². The van der Waals surface area contributed by atoms with E-state index in [2.05, 4.69) is 32.0 Å². The summed E-state index contributed by atoms with van der Waals surface area (Å²) in [6, 6.07) is 6.50. The Kier molecular flexibility index (Phi) is 3.49. The molecule has 0 radical (unpaired) electrons. The zero-order valence-electron chi connectivity index (χ0n) is 8.67. The van der Waals surface area contributed by atoms with Gasteiger partial charge in [0.15, 0.2) is 0 Å². The molecule has 0 aromatic heterocycles. The lowest BCUT2D eigenvalue weighted by Gasteiger charge is -2.06. The summed E-state index contributed by atoms with van der Waals surface area (Å²) in [4.78, 5) is 0. The van der Waals surface area contributed by atoms with Crippen molar-refractivity contribution < 1.29 is 5.11 Å². The van der Waals surface area contributed by atoms with E-state index in [1.54, 1.807) is 0 Å². The van der Waals surface area contributed by atoms with Gasteiger partial charge in [0.1, 0.15) is 0 Å². The third-order valence-corrected chi connectivity index (χ3v) is 2.42. The van der Waals surface area contributed by atoms with Gasteiger partial charge in [-0.1, -0.05) is 18.2 Å². The Morgan fingerprint density at radius 1 is 1.23 bits per heavy atom. The van der Waals surface area contributed by atoms with Gasteiger partial charge in [0.05, 0.1) is 6.10 Å². The summed E-state index contributed by atoms with van der Waals surface area (Å²) in [6.07, 6.45) is 1.63. The van der Waals surface area contributed by atoms with Gasteiger partial charge in [-0.05, 0) is 50.3 Å². The SMILES string of the molecule is Cc1ccc(CCC(C)O)cc1C. The molecule has 0 heterocycles. The molecule has 1 nitrogen and oxygen atoms in total. The molecule has 1 unspecified atom stereocenters. The smallest absolute Gasteiger partial charge is 0.0515 e. The number of rotatable bonds is 3. The van der Waals surface area contributed by atoms with Crippen molar-refractivity contribution in [1.82, 2.24) is 0 Å². The Morgan fingerprint density at radius 3 is 2.46 bits per heavy atom. The fourth-order valence-corrected chi connectivity index (χ4v) is 1.33. The second kappa shape index (κ2) is 4.43. The van der Waals surface area contributed by atoms with Crippen molar-refractivity contribution in [2.24, 2.45) is 0 Å². The van der Waals surface area contributed by atoms with Gasteiger partial charge in [0, 0.05) is 0 Å². The summed E-state index contributed by atoms with van der Waals surface area (Å²) >= 11 is 0. The Bertz CT molecular complexity index is 276. The zero-order chi connectivity index (χ0) is 9.84. The third kappa shape index (κ3) is 3.19. The molecule has 0 bridgehead atoms. The van der Waals surface area contributed by atoms with E-state index in [9.17, 15) is 0 Å². The lowest BCUT2D eigenvalue weighted by molar-refractivity contribution is 0.185. The second-order valence-corrected chi connectivity index (χ2v) is 3.81. The minimum absolute atomic E-state index is 0.193. The van der Waals surface area contributed by atoms with Crippen molar-refractivity contribution in [2.45, 2.75) is 39.7 Å². The molecule has 0 saturated carbocycles. The number of aryl methyl sites for hydroxylation is 3. The van der Waals surface area contributed by atoms with Gasteiger partial charge in [-0.15, -0.1) is 0 Å². The van der Waals surface area contributed by atoms with Crippen LogP contribution in [0.2, 0.25) is 0 Å². The standard InChI is InChI=1S/C12H18O/c1-9-4-6-12(8-10(9)2)7-5-11(3)13/h4,6,8,11,13H,5,7H2,1-3H3. The predicted molar refractivity (Wildman–Crippen MR) is 55.9 cm³/mol. The highest BCUT2D eigenvalue weighted by atomic mass is 16.3. The fourth-order valence-electron chi connectivity index (χ4n) is 1.33. The van der Waals surface area contributed by atoms with E-state index in [-0.39, 0.29) is 6.10 Å². The molecule has 1 N–H and O–H groups in total. The highest BCUT2D eigenvalue weighted by Gasteiger charge is 1.99. The molecule has 0 aliphatic carbocycles. The van der Waals surface area contributed by atoms with Gasteiger partial charge in [-0.2, -0.15) is 0 Å². The summed E-state index contributed by atoms with van der Waals surface area (Å²) in [7, 11) is 0. The highest BCUT2D eigenvalue weighted by Crippen LogP contribution is 2.12. The maximum Gasteiger partial charge on any atom is 0.0515 e. The molecule has 1 aromatic carbocycles. The average Bonchev–Trinajstić information content (AvgIpc) is 2.07. The number of hydrogen-bond acceptors (Lipinski definition) is 1. The van der Waals surface area contributed by atoms with Crippen LogP contribution in [0.25, 0.3) is 0 Å². The summed E-state index contributed by atoms with van der Waals surface area (Å²) in [5, 5.41) is 9.14. The first kappa shape index (κ1) is 10.3. The highest BCUT2D eigenvalue weighted by molar-refractivity contribution is 5.29. The number of aliphatic hydroxyl groups excluding tert-OH is 1. The van der Waals surface area contributed by atoms with E-state index < -0.39 is 0 Å². The Hall–Kier alpha value is -0.820. The largest absolute Gasteiger partial charge is 0.393 e. The van der Waals surface area contributed by atoms with E-state index in [1.165, 1.54) is 16.7 Å². The Labute approximate surface area is 80.4 Å². The average molecular weight is 178 g/mol. The fraction of sp³-hybridized carbons (Fsp3) is 0.500. The van der Waals surface area contributed by atoms with Crippen molar-refractivity contribution in [3.63, 3.8) is 0 Å². The molecule has 0 amide bonds. The van der Waals surface area contributed by atoms with Gasteiger partial charge in [0.2, 0.25) is 0 Å². The van der Waals surface area contributed by atoms with Crippen LogP contribution >= 0.6 is 0 Å². The summed E-state index contributed by atoms with van der Waals surface area (Å²) in [5.41, 5.74) is 3.99. The van der Waals surface area contributed by atoms with Gasteiger partial charge in [-0.25, -0.2) is 0 Å². The Morgan fingerprint density at radius 2 is 1.92 bits per heavy atom. The summed E-state index contributed by atoms with van der Waals surface area (Å²) in [6.45, 7) is 6.08. The molecular weight excluding hydrogens is 160 g/mol. The van der Waals surface area contributed by atoms with Crippen molar-refractivity contribution in [3.05, 3.63) is 34.9 Å². The van der Waals surface area contributed by atoms with Gasteiger partial charge in [-0.3, -0.25) is 0 Å². The monoisotopic (exact) mass is 178 g/mol. The van der Waals surface area contributed by atoms with E-state index >= 15 is 0 Å². The number of benzene rings is 1. The predicted octanol–water partition coefficient (Wildman–Crippen LogP) is 2.62. The van der Waals surface area contributed by atoms with E-state index in [0.29, 0.717) is 0 Å². The summed E-state index contributed by atoms with van der Waals surface area (Å²) in [5.74, 6) is 0.